The Morgan fingerprint density at radius 1 is 1.18 bits per heavy atom. The molecule has 62 valence electrons. The molecule has 1 aromatic rings. The molecule has 0 radical (unpaired) electrons. The van der Waals surface area contributed by atoms with Crippen LogP contribution in [0.1, 0.15) is 5.56 Å². The van der Waals surface area contributed by atoms with E-state index in [1.54, 1.807) is 0 Å². The van der Waals surface area contributed by atoms with E-state index in [4.69, 9.17) is 0 Å². The Bertz CT molecular complexity index is 250. The molecule has 0 bridgehead atoms. The first kappa shape index (κ1) is 8.60. The van der Waals surface area contributed by atoms with Crippen LogP contribution in [0.2, 0.25) is 0 Å². The SMILES string of the molecule is Cc1cncc(S(C)(C)C)c1. The molecule has 0 amide bonds. The van der Waals surface area contributed by atoms with Gasteiger partial charge in [0.15, 0.2) is 0 Å². The van der Waals surface area contributed by atoms with Gasteiger partial charge in [-0.3, -0.25) is 4.98 Å². The molecule has 0 aromatic carbocycles. The number of pyridine rings is 1. The van der Waals surface area contributed by atoms with Crippen LogP contribution in [0.15, 0.2) is 23.4 Å². The molecule has 1 nitrogen and oxygen atoms in total. The maximum absolute atomic E-state index is 4.17. The van der Waals surface area contributed by atoms with E-state index in [-0.39, 0.29) is 0 Å². The fourth-order valence-corrected chi connectivity index (χ4v) is 1.78. The Kier molecular flexibility index (Phi) is 2.23. The second-order valence-electron chi connectivity index (χ2n) is 3.54. The molecule has 0 saturated heterocycles. The molecule has 1 heterocycles. The largest absolute Gasteiger partial charge is 0.263 e. The molecule has 0 aliphatic rings. The molecule has 0 saturated carbocycles. The van der Waals surface area contributed by atoms with Gasteiger partial charge in [0, 0.05) is 17.3 Å². The average Bonchev–Trinajstić information content (AvgIpc) is 1.86. The minimum Gasteiger partial charge on any atom is -0.263 e. The van der Waals surface area contributed by atoms with Gasteiger partial charge in [0.1, 0.15) is 0 Å². The van der Waals surface area contributed by atoms with Gasteiger partial charge >= 0.3 is 0 Å². The molecule has 0 aliphatic carbocycles. The zero-order valence-electron chi connectivity index (χ0n) is 7.59. The van der Waals surface area contributed by atoms with Crippen LogP contribution in [0.3, 0.4) is 0 Å². The maximum atomic E-state index is 4.17. The van der Waals surface area contributed by atoms with Crippen molar-refractivity contribution >= 4 is 10.0 Å². The Labute approximate surface area is 70.2 Å². The summed E-state index contributed by atoms with van der Waals surface area (Å²) < 4.78 is 0. The first-order valence-electron chi connectivity index (χ1n) is 3.60. The van der Waals surface area contributed by atoms with Gasteiger partial charge < -0.3 is 0 Å². The van der Waals surface area contributed by atoms with E-state index < -0.39 is 10.0 Å². The van der Waals surface area contributed by atoms with Gasteiger partial charge in [-0.15, -0.1) is 0 Å². The van der Waals surface area contributed by atoms with Crippen molar-refractivity contribution in [3.8, 4) is 0 Å². The molecular formula is C9H15NS. The van der Waals surface area contributed by atoms with E-state index in [1.165, 1.54) is 10.5 Å². The van der Waals surface area contributed by atoms with Crippen LogP contribution in [0.5, 0.6) is 0 Å². The normalized spacial score (nSPS) is 13.1. The third kappa shape index (κ3) is 2.22. The standard InChI is InChI=1S/C9H15NS/c1-8-5-9(7-10-6-8)11(2,3)4/h5-7H,1-4H3. The third-order valence-corrected chi connectivity index (χ3v) is 3.19. The molecule has 0 atom stereocenters. The average molecular weight is 169 g/mol. The van der Waals surface area contributed by atoms with Crippen LogP contribution < -0.4 is 0 Å². The van der Waals surface area contributed by atoms with E-state index in [1.807, 2.05) is 12.4 Å². The molecule has 0 N–H and O–H groups in total. The van der Waals surface area contributed by atoms with Crippen molar-refractivity contribution in [3.05, 3.63) is 24.0 Å². The second-order valence-corrected chi connectivity index (χ2v) is 7.68. The zero-order chi connectivity index (χ0) is 8.48. The van der Waals surface area contributed by atoms with Gasteiger partial charge in [0.05, 0.1) is 0 Å². The summed E-state index contributed by atoms with van der Waals surface area (Å²) in [6.07, 6.45) is 10.7. The topological polar surface area (TPSA) is 12.9 Å². The highest BCUT2D eigenvalue weighted by Gasteiger charge is 2.07. The number of aryl methyl sites for hydroxylation is 1. The molecule has 11 heavy (non-hydrogen) atoms. The van der Waals surface area contributed by atoms with E-state index >= 15 is 0 Å². The van der Waals surface area contributed by atoms with Gasteiger partial charge in [-0.1, -0.05) is 0 Å². The predicted molar refractivity (Wildman–Crippen MR) is 52.6 cm³/mol. The van der Waals surface area contributed by atoms with Gasteiger partial charge in [-0.05, 0) is 37.3 Å². The highest BCUT2D eigenvalue weighted by atomic mass is 32.3. The smallest absolute Gasteiger partial charge is 0.0388 e. The molecule has 2 heteroatoms. The van der Waals surface area contributed by atoms with Crippen LogP contribution in [-0.4, -0.2) is 23.8 Å². The summed E-state index contributed by atoms with van der Waals surface area (Å²) in [5.74, 6) is 0. The van der Waals surface area contributed by atoms with Gasteiger partial charge in [-0.2, -0.15) is 0 Å². The van der Waals surface area contributed by atoms with Crippen molar-refractivity contribution in [1.29, 1.82) is 0 Å². The minimum atomic E-state index is -0.588. The van der Waals surface area contributed by atoms with Crippen LogP contribution in [0.25, 0.3) is 0 Å². The van der Waals surface area contributed by atoms with E-state index in [2.05, 4.69) is 36.7 Å². The highest BCUT2D eigenvalue weighted by Crippen LogP contribution is 2.44. The summed E-state index contributed by atoms with van der Waals surface area (Å²) in [6.45, 7) is 2.08. The van der Waals surface area contributed by atoms with Crippen molar-refractivity contribution in [1.82, 2.24) is 4.98 Å². The van der Waals surface area contributed by atoms with Gasteiger partial charge in [0.2, 0.25) is 0 Å². The minimum absolute atomic E-state index is 0.588. The fraction of sp³-hybridized carbons (Fsp3) is 0.444. The quantitative estimate of drug-likeness (QED) is 0.629. The summed E-state index contributed by atoms with van der Waals surface area (Å²) in [7, 11) is -0.588. The lowest BCUT2D eigenvalue weighted by molar-refractivity contribution is 1.18. The highest BCUT2D eigenvalue weighted by molar-refractivity contribution is 8.32. The van der Waals surface area contributed by atoms with Crippen molar-refractivity contribution in [2.75, 3.05) is 18.8 Å². The first-order valence-corrected chi connectivity index (χ1v) is 6.46. The number of hydrogen-bond donors (Lipinski definition) is 0. The predicted octanol–water partition coefficient (Wildman–Crippen LogP) is 2.44. The first-order chi connectivity index (χ1) is 5.00. The Morgan fingerprint density at radius 2 is 1.82 bits per heavy atom. The van der Waals surface area contributed by atoms with E-state index in [9.17, 15) is 0 Å². The summed E-state index contributed by atoms with van der Waals surface area (Å²) >= 11 is 0. The molecule has 1 rings (SSSR count). The molecule has 1 aromatic heterocycles. The lowest BCUT2D eigenvalue weighted by atomic mass is 10.3. The zero-order valence-corrected chi connectivity index (χ0v) is 8.40. The lowest BCUT2D eigenvalue weighted by Crippen LogP contribution is -1.93. The van der Waals surface area contributed by atoms with Crippen molar-refractivity contribution in [3.63, 3.8) is 0 Å². The van der Waals surface area contributed by atoms with Crippen molar-refractivity contribution < 1.29 is 0 Å². The molecule has 0 fully saturated rings. The number of hydrogen-bond acceptors (Lipinski definition) is 1. The Hall–Kier alpha value is -0.500. The van der Waals surface area contributed by atoms with Crippen molar-refractivity contribution in [2.24, 2.45) is 0 Å². The van der Waals surface area contributed by atoms with E-state index in [0.29, 0.717) is 0 Å². The molecule has 0 spiro atoms. The molecular weight excluding hydrogens is 154 g/mol. The monoisotopic (exact) mass is 169 g/mol. The van der Waals surface area contributed by atoms with Gasteiger partial charge in [0.25, 0.3) is 0 Å². The third-order valence-electron chi connectivity index (χ3n) is 1.56. The lowest BCUT2D eigenvalue weighted by Gasteiger charge is -2.25. The van der Waals surface area contributed by atoms with Crippen LogP contribution in [0, 0.1) is 6.92 Å². The summed E-state index contributed by atoms with van der Waals surface area (Å²) in [4.78, 5) is 5.56. The van der Waals surface area contributed by atoms with E-state index in [0.717, 1.165) is 0 Å². The second kappa shape index (κ2) is 2.86. The van der Waals surface area contributed by atoms with Crippen LogP contribution in [0.4, 0.5) is 0 Å². The summed E-state index contributed by atoms with van der Waals surface area (Å²) in [5, 5.41) is 0. The number of nitrogens with zero attached hydrogens (tertiary/aromatic N) is 1. The maximum Gasteiger partial charge on any atom is 0.0388 e. The Morgan fingerprint density at radius 3 is 2.18 bits per heavy atom. The number of rotatable bonds is 1. The summed E-state index contributed by atoms with van der Waals surface area (Å²) in [5.41, 5.74) is 1.25. The fourth-order valence-electron chi connectivity index (χ4n) is 0.862. The summed E-state index contributed by atoms with van der Waals surface area (Å²) in [6, 6.07) is 2.22. The van der Waals surface area contributed by atoms with Crippen molar-refractivity contribution in [2.45, 2.75) is 11.8 Å². The van der Waals surface area contributed by atoms with Crippen LogP contribution in [-0.2, 0) is 0 Å². The Balaban J connectivity index is 3.06. The number of aromatic nitrogens is 1. The molecule has 0 unspecified atom stereocenters. The van der Waals surface area contributed by atoms with Crippen LogP contribution >= 0.6 is 10.0 Å². The molecule has 0 aliphatic heterocycles. The van der Waals surface area contributed by atoms with Gasteiger partial charge in [-0.25, -0.2) is 10.0 Å².